The number of rotatable bonds is 5. The van der Waals surface area contributed by atoms with Crippen molar-refractivity contribution in [1.82, 2.24) is 30.0 Å². The van der Waals surface area contributed by atoms with Gasteiger partial charge in [-0.15, -0.1) is 25.5 Å². The van der Waals surface area contributed by atoms with Crippen LogP contribution in [0.1, 0.15) is 31.0 Å². The van der Waals surface area contributed by atoms with Crippen LogP contribution in [0.25, 0.3) is 5.65 Å². The zero-order valence-corrected chi connectivity index (χ0v) is 14.0. The van der Waals surface area contributed by atoms with Crippen LogP contribution in [0.5, 0.6) is 0 Å². The molecule has 1 aliphatic heterocycles. The van der Waals surface area contributed by atoms with E-state index in [1.54, 1.807) is 5.51 Å². The first-order valence-electron chi connectivity index (χ1n) is 8.34. The highest BCUT2D eigenvalue weighted by molar-refractivity contribution is 7.13. The normalized spacial score (nSPS) is 18.6. The van der Waals surface area contributed by atoms with Gasteiger partial charge in [-0.25, -0.2) is 0 Å². The molecule has 0 spiro atoms. The lowest BCUT2D eigenvalue weighted by Crippen LogP contribution is -2.50. The van der Waals surface area contributed by atoms with Gasteiger partial charge < -0.3 is 10.2 Å². The standard InChI is InChI=1S/C15H18N8S/c1-2-11(3-1)14-19-18-12-4-5-13(21-23(12)14)22-7-10(8-22)6-16-15-20-17-9-24-15/h4-5,9-11H,1-3,6-8H2,(H,16,20). The number of aromatic nitrogens is 6. The Morgan fingerprint density at radius 3 is 2.83 bits per heavy atom. The Morgan fingerprint density at radius 2 is 2.08 bits per heavy atom. The van der Waals surface area contributed by atoms with E-state index in [4.69, 9.17) is 5.10 Å². The molecular weight excluding hydrogens is 324 g/mol. The Bertz CT molecular complexity index is 834. The summed E-state index contributed by atoms with van der Waals surface area (Å²) in [5.41, 5.74) is 2.59. The number of hydrogen-bond acceptors (Lipinski definition) is 8. The van der Waals surface area contributed by atoms with Gasteiger partial charge in [0.15, 0.2) is 11.5 Å². The molecule has 0 radical (unpaired) electrons. The summed E-state index contributed by atoms with van der Waals surface area (Å²) in [6.45, 7) is 2.93. The van der Waals surface area contributed by atoms with Crippen molar-refractivity contribution in [2.75, 3.05) is 29.9 Å². The van der Waals surface area contributed by atoms with E-state index < -0.39 is 0 Å². The second kappa shape index (κ2) is 5.66. The maximum absolute atomic E-state index is 4.78. The van der Waals surface area contributed by atoms with E-state index in [2.05, 4.69) is 30.6 Å². The second-order valence-electron chi connectivity index (χ2n) is 6.54. The van der Waals surface area contributed by atoms with Crippen LogP contribution in [-0.2, 0) is 0 Å². The fourth-order valence-electron chi connectivity index (χ4n) is 3.25. The lowest BCUT2D eigenvalue weighted by atomic mass is 9.85. The summed E-state index contributed by atoms with van der Waals surface area (Å²) in [4.78, 5) is 2.30. The van der Waals surface area contributed by atoms with Crippen LogP contribution in [0.15, 0.2) is 17.6 Å². The molecule has 1 N–H and O–H groups in total. The Morgan fingerprint density at radius 1 is 1.17 bits per heavy atom. The van der Waals surface area contributed by atoms with Crippen LogP contribution in [-0.4, -0.2) is 49.6 Å². The Kier molecular flexibility index (Phi) is 3.32. The molecule has 1 aliphatic carbocycles. The van der Waals surface area contributed by atoms with Gasteiger partial charge in [0.1, 0.15) is 11.3 Å². The third kappa shape index (κ3) is 2.39. The van der Waals surface area contributed by atoms with Gasteiger partial charge in [0.25, 0.3) is 0 Å². The molecule has 0 amide bonds. The molecule has 3 aromatic heterocycles. The van der Waals surface area contributed by atoms with Gasteiger partial charge in [-0.3, -0.25) is 0 Å². The van der Waals surface area contributed by atoms with E-state index in [9.17, 15) is 0 Å². The zero-order valence-electron chi connectivity index (χ0n) is 13.2. The number of nitrogens with one attached hydrogen (secondary N) is 1. The fourth-order valence-corrected chi connectivity index (χ4v) is 3.71. The van der Waals surface area contributed by atoms with Crippen LogP contribution >= 0.6 is 11.3 Å². The average Bonchev–Trinajstić information content (AvgIpc) is 3.14. The molecule has 3 aromatic rings. The van der Waals surface area contributed by atoms with Crippen molar-refractivity contribution in [3.8, 4) is 0 Å². The van der Waals surface area contributed by atoms with Gasteiger partial charge in [0.2, 0.25) is 5.13 Å². The molecule has 4 heterocycles. The summed E-state index contributed by atoms with van der Waals surface area (Å²) >= 11 is 1.53. The molecule has 124 valence electrons. The molecule has 1 saturated carbocycles. The number of hydrogen-bond donors (Lipinski definition) is 1. The molecule has 2 aliphatic rings. The summed E-state index contributed by atoms with van der Waals surface area (Å²) in [6, 6.07) is 4.06. The first kappa shape index (κ1) is 14.1. The smallest absolute Gasteiger partial charge is 0.205 e. The van der Waals surface area contributed by atoms with Crippen LogP contribution < -0.4 is 10.2 Å². The topological polar surface area (TPSA) is 84.1 Å². The second-order valence-corrected chi connectivity index (χ2v) is 7.38. The molecule has 8 nitrogen and oxygen atoms in total. The van der Waals surface area contributed by atoms with E-state index in [1.807, 2.05) is 16.6 Å². The molecule has 0 bridgehead atoms. The highest BCUT2D eigenvalue weighted by Gasteiger charge is 2.29. The van der Waals surface area contributed by atoms with Crippen molar-refractivity contribution in [3.05, 3.63) is 23.5 Å². The summed E-state index contributed by atoms with van der Waals surface area (Å²) in [7, 11) is 0. The molecule has 9 heteroatoms. The minimum Gasteiger partial charge on any atom is -0.360 e. The first-order chi connectivity index (χ1) is 11.9. The monoisotopic (exact) mass is 342 g/mol. The van der Waals surface area contributed by atoms with Gasteiger partial charge in [0, 0.05) is 31.5 Å². The molecular formula is C15H18N8S. The van der Waals surface area contributed by atoms with Crippen molar-refractivity contribution in [3.63, 3.8) is 0 Å². The molecule has 0 unspecified atom stereocenters. The lowest BCUT2D eigenvalue weighted by molar-refractivity contribution is 0.393. The number of anilines is 2. The highest BCUT2D eigenvalue weighted by atomic mass is 32.1. The first-order valence-corrected chi connectivity index (χ1v) is 9.22. The predicted molar refractivity (Wildman–Crippen MR) is 91.5 cm³/mol. The van der Waals surface area contributed by atoms with Crippen LogP contribution in [0.3, 0.4) is 0 Å². The summed E-state index contributed by atoms with van der Waals surface area (Å²) in [5.74, 6) is 3.17. The quantitative estimate of drug-likeness (QED) is 0.757. The third-order valence-corrected chi connectivity index (χ3v) is 5.58. The molecule has 0 aromatic carbocycles. The molecule has 2 fully saturated rings. The van der Waals surface area contributed by atoms with Crippen molar-refractivity contribution >= 4 is 27.9 Å². The van der Waals surface area contributed by atoms with Crippen LogP contribution in [0, 0.1) is 5.92 Å². The van der Waals surface area contributed by atoms with E-state index >= 15 is 0 Å². The summed E-state index contributed by atoms with van der Waals surface area (Å²) in [5, 5.41) is 25.4. The van der Waals surface area contributed by atoms with Gasteiger partial charge in [0.05, 0.1) is 0 Å². The van der Waals surface area contributed by atoms with Crippen molar-refractivity contribution in [1.29, 1.82) is 0 Å². The minimum atomic E-state index is 0.531. The lowest BCUT2D eigenvalue weighted by Gasteiger charge is -2.40. The molecule has 1 saturated heterocycles. The van der Waals surface area contributed by atoms with Gasteiger partial charge in [-0.1, -0.05) is 17.8 Å². The number of fused-ring (bicyclic) bond motifs is 1. The van der Waals surface area contributed by atoms with Crippen LogP contribution in [0.2, 0.25) is 0 Å². The largest absolute Gasteiger partial charge is 0.360 e. The van der Waals surface area contributed by atoms with Gasteiger partial charge in [-0.05, 0) is 25.0 Å². The molecule has 24 heavy (non-hydrogen) atoms. The molecule has 5 rings (SSSR count). The summed E-state index contributed by atoms with van der Waals surface area (Å²) in [6.07, 6.45) is 3.69. The Balaban J connectivity index is 1.26. The van der Waals surface area contributed by atoms with Crippen LogP contribution in [0.4, 0.5) is 10.9 Å². The van der Waals surface area contributed by atoms with E-state index in [0.29, 0.717) is 11.8 Å². The minimum absolute atomic E-state index is 0.531. The summed E-state index contributed by atoms with van der Waals surface area (Å²) < 4.78 is 1.94. The Hall–Kier alpha value is -2.29. The number of nitrogens with zero attached hydrogens (tertiary/aromatic N) is 7. The zero-order chi connectivity index (χ0) is 15.9. The van der Waals surface area contributed by atoms with Gasteiger partial charge in [-0.2, -0.15) is 4.52 Å². The fraction of sp³-hybridized carbons (Fsp3) is 0.533. The van der Waals surface area contributed by atoms with E-state index in [-0.39, 0.29) is 0 Å². The maximum atomic E-state index is 4.78. The van der Waals surface area contributed by atoms with Crippen molar-refractivity contribution in [2.24, 2.45) is 5.92 Å². The van der Waals surface area contributed by atoms with Gasteiger partial charge >= 0.3 is 0 Å². The van der Waals surface area contributed by atoms with Crippen molar-refractivity contribution in [2.45, 2.75) is 25.2 Å². The average molecular weight is 342 g/mol. The Labute approximate surface area is 142 Å². The van der Waals surface area contributed by atoms with E-state index in [0.717, 1.165) is 42.1 Å². The maximum Gasteiger partial charge on any atom is 0.205 e. The predicted octanol–water partition coefficient (Wildman–Crippen LogP) is 1.79. The third-order valence-electron chi connectivity index (χ3n) is 4.93. The van der Waals surface area contributed by atoms with Crippen molar-refractivity contribution < 1.29 is 0 Å². The van der Waals surface area contributed by atoms with E-state index in [1.165, 1.54) is 30.6 Å². The highest BCUT2D eigenvalue weighted by Crippen LogP contribution is 2.35. The molecule has 0 atom stereocenters. The SMILES string of the molecule is c1nnc(NCC2CN(c3ccc4nnc(C5CCC5)n4n3)C2)s1.